The van der Waals surface area contributed by atoms with Gasteiger partial charge in [0, 0.05) is 5.69 Å². The molecular weight excluding hydrogens is 516 g/mol. The van der Waals surface area contributed by atoms with Crippen molar-refractivity contribution in [3.05, 3.63) is 84.4 Å². The van der Waals surface area contributed by atoms with Crippen molar-refractivity contribution in [3.8, 4) is 6.07 Å². The number of benzene rings is 3. The topological polar surface area (TPSA) is 112 Å². The molecule has 0 saturated heterocycles. The van der Waals surface area contributed by atoms with Gasteiger partial charge in [-0.05, 0) is 73.2 Å². The lowest BCUT2D eigenvalue weighted by atomic mass is 9.98. The molecule has 0 bridgehead atoms. The minimum atomic E-state index is -1.16. The fourth-order valence-electron chi connectivity index (χ4n) is 4.52. The third kappa shape index (κ3) is 8.67. The van der Waals surface area contributed by atoms with E-state index >= 15 is 0 Å². The van der Waals surface area contributed by atoms with Gasteiger partial charge in [-0.3, -0.25) is 9.59 Å². The Morgan fingerprint density at radius 3 is 2.37 bits per heavy atom. The molecule has 2 unspecified atom stereocenters. The van der Waals surface area contributed by atoms with Crippen LogP contribution in [-0.4, -0.2) is 41.0 Å². The number of anilines is 1. The van der Waals surface area contributed by atoms with Gasteiger partial charge in [0.25, 0.3) is 5.91 Å². The predicted octanol–water partition coefficient (Wildman–Crippen LogP) is 6.45. The predicted molar refractivity (Wildman–Crippen MR) is 162 cm³/mol. The number of hydrogen-bond donors (Lipinski definition) is 2. The van der Waals surface area contributed by atoms with Gasteiger partial charge < -0.3 is 20.3 Å². The Balaban J connectivity index is 2.03. The number of nitrogens with zero attached hydrogens (tertiary/aromatic N) is 2. The number of carbonyl (C=O) groups is 3. The third-order valence-corrected chi connectivity index (χ3v) is 6.26. The van der Waals surface area contributed by atoms with E-state index in [1.54, 1.807) is 51.1 Å². The second kappa shape index (κ2) is 13.6. The minimum Gasteiger partial charge on any atom is -0.444 e. The van der Waals surface area contributed by atoms with Gasteiger partial charge in [0.1, 0.15) is 24.2 Å². The second-order valence-corrected chi connectivity index (χ2v) is 11.3. The number of hydrogen-bond acceptors (Lipinski definition) is 5. The average Bonchev–Trinajstić information content (AvgIpc) is 2.90. The van der Waals surface area contributed by atoms with Gasteiger partial charge in [-0.25, -0.2) is 4.79 Å². The first kappa shape index (κ1) is 30.9. The number of nitriles is 1. The van der Waals surface area contributed by atoms with E-state index in [1.807, 2.05) is 62.4 Å². The number of ether oxygens (including phenoxy) is 1. The van der Waals surface area contributed by atoms with Crippen LogP contribution in [0.5, 0.6) is 0 Å². The Morgan fingerprint density at radius 1 is 1.02 bits per heavy atom. The molecule has 3 aromatic carbocycles. The fraction of sp³-hybridized carbons (Fsp3) is 0.333. The highest BCUT2D eigenvalue weighted by molar-refractivity contribution is 6.00. The Bertz CT molecular complexity index is 1450. The maximum atomic E-state index is 14.1. The Kier molecular flexibility index (Phi) is 10.3. The number of amides is 3. The largest absolute Gasteiger partial charge is 0.444 e. The molecule has 0 aliphatic carbocycles. The van der Waals surface area contributed by atoms with Crippen LogP contribution < -0.4 is 10.6 Å². The average molecular weight is 555 g/mol. The molecule has 3 aromatic rings. The van der Waals surface area contributed by atoms with Crippen LogP contribution >= 0.6 is 0 Å². The van der Waals surface area contributed by atoms with Crippen molar-refractivity contribution in [2.45, 2.75) is 58.7 Å². The van der Waals surface area contributed by atoms with Crippen molar-refractivity contribution in [2.24, 2.45) is 5.92 Å². The zero-order chi connectivity index (χ0) is 30.2. The van der Waals surface area contributed by atoms with Gasteiger partial charge in [-0.1, -0.05) is 75.0 Å². The summed E-state index contributed by atoms with van der Waals surface area (Å²) >= 11 is 0. The number of fused-ring (bicyclic) bond motifs is 1. The number of alkyl carbamates (subject to hydrolysis) is 1. The summed E-state index contributed by atoms with van der Waals surface area (Å²) in [5, 5.41) is 17.3. The maximum absolute atomic E-state index is 14.1. The SMILES string of the molecule is C=Cc1cccc(C(C(=O)Nc2ccc3ccccc3c2)N(CC#N)C(=O)C(CC(C)C)NC(=O)OC(C)(C)C)c1. The highest BCUT2D eigenvalue weighted by atomic mass is 16.6. The Labute approximate surface area is 242 Å². The molecule has 8 nitrogen and oxygen atoms in total. The molecule has 214 valence electrons. The quantitative estimate of drug-likeness (QED) is 0.280. The van der Waals surface area contributed by atoms with Crippen molar-refractivity contribution < 1.29 is 19.1 Å². The lowest BCUT2D eigenvalue weighted by Crippen LogP contribution is -2.53. The molecule has 2 N–H and O–H groups in total. The molecule has 41 heavy (non-hydrogen) atoms. The molecule has 0 aliphatic heterocycles. The van der Waals surface area contributed by atoms with E-state index in [9.17, 15) is 19.6 Å². The molecule has 3 rings (SSSR count). The first-order chi connectivity index (χ1) is 19.4. The zero-order valence-corrected chi connectivity index (χ0v) is 24.3. The van der Waals surface area contributed by atoms with Crippen LogP contribution in [0.15, 0.2) is 73.3 Å². The van der Waals surface area contributed by atoms with E-state index in [2.05, 4.69) is 17.2 Å². The summed E-state index contributed by atoms with van der Waals surface area (Å²) in [6, 6.07) is 20.3. The standard InChI is InChI=1S/C33H38N4O4/c1-7-23-11-10-14-26(20-23)29(30(38)35-27-16-15-24-12-8-9-13-25(24)21-27)37(18-17-34)31(39)28(19-22(2)3)36-32(40)41-33(4,5)6/h7-16,20-22,28-29H,1,18-19H2,2-6H3,(H,35,38)(H,36,40). The Morgan fingerprint density at radius 2 is 1.73 bits per heavy atom. The molecule has 0 aromatic heterocycles. The summed E-state index contributed by atoms with van der Waals surface area (Å²) in [4.78, 5) is 41.9. The molecule has 0 saturated carbocycles. The van der Waals surface area contributed by atoms with Gasteiger partial charge in [0.05, 0.1) is 6.07 Å². The highest BCUT2D eigenvalue weighted by Gasteiger charge is 2.36. The summed E-state index contributed by atoms with van der Waals surface area (Å²) in [6.45, 7) is 12.5. The first-order valence-corrected chi connectivity index (χ1v) is 13.6. The van der Waals surface area contributed by atoms with Crippen molar-refractivity contribution in [1.82, 2.24) is 10.2 Å². The smallest absolute Gasteiger partial charge is 0.408 e. The van der Waals surface area contributed by atoms with E-state index in [0.29, 0.717) is 11.3 Å². The molecular formula is C33H38N4O4. The Hall–Kier alpha value is -4.64. The third-order valence-electron chi connectivity index (χ3n) is 6.26. The molecule has 2 atom stereocenters. The molecule has 0 heterocycles. The van der Waals surface area contributed by atoms with E-state index in [4.69, 9.17) is 4.74 Å². The van der Waals surface area contributed by atoms with E-state index < -0.39 is 35.6 Å². The number of nitrogens with one attached hydrogen (secondary N) is 2. The van der Waals surface area contributed by atoms with E-state index in [0.717, 1.165) is 16.3 Å². The van der Waals surface area contributed by atoms with Crippen LogP contribution in [-0.2, 0) is 14.3 Å². The number of rotatable bonds is 10. The number of carbonyl (C=O) groups excluding carboxylic acids is 3. The van der Waals surface area contributed by atoms with E-state index in [-0.39, 0.29) is 18.9 Å². The van der Waals surface area contributed by atoms with E-state index in [1.165, 1.54) is 4.90 Å². The normalized spacial score (nSPS) is 12.6. The molecule has 0 fully saturated rings. The van der Waals surface area contributed by atoms with Gasteiger partial charge in [-0.15, -0.1) is 0 Å². The van der Waals surface area contributed by atoms with Crippen molar-refractivity contribution in [1.29, 1.82) is 5.26 Å². The van der Waals surface area contributed by atoms with Crippen LogP contribution in [0.3, 0.4) is 0 Å². The summed E-state index contributed by atoms with van der Waals surface area (Å²) in [7, 11) is 0. The first-order valence-electron chi connectivity index (χ1n) is 13.6. The fourth-order valence-corrected chi connectivity index (χ4v) is 4.52. The minimum absolute atomic E-state index is 0.0248. The maximum Gasteiger partial charge on any atom is 0.408 e. The summed E-state index contributed by atoms with van der Waals surface area (Å²) in [6.07, 6.45) is 1.18. The molecule has 0 aliphatic rings. The van der Waals surface area contributed by atoms with Crippen LogP contribution in [0.2, 0.25) is 0 Å². The zero-order valence-electron chi connectivity index (χ0n) is 24.3. The summed E-state index contributed by atoms with van der Waals surface area (Å²) in [5.74, 6) is -1.03. The molecule has 3 amide bonds. The van der Waals surface area contributed by atoms with Gasteiger partial charge >= 0.3 is 6.09 Å². The van der Waals surface area contributed by atoms with Crippen LogP contribution in [0, 0.1) is 17.2 Å². The van der Waals surface area contributed by atoms with Crippen molar-refractivity contribution >= 4 is 40.4 Å². The molecule has 0 spiro atoms. The lowest BCUT2D eigenvalue weighted by Gasteiger charge is -2.33. The van der Waals surface area contributed by atoms with Gasteiger partial charge in [-0.2, -0.15) is 5.26 Å². The second-order valence-electron chi connectivity index (χ2n) is 11.3. The van der Waals surface area contributed by atoms with Crippen LogP contribution in [0.25, 0.3) is 16.8 Å². The highest BCUT2D eigenvalue weighted by Crippen LogP contribution is 2.27. The van der Waals surface area contributed by atoms with Crippen molar-refractivity contribution in [3.63, 3.8) is 0 Å². The van der Waals surface area contributed by atoms with Crippen LogP contribution in [0.1, 0.15) is 58.2 Å². The molecule has 8 heteroatoms. The van der Waals surface area contributed by atoms with Gasteiger partial charge in [0.15, 0.2) is 0 Å². The summed E-state index contributed by atoms with van der Waals surface area (Å²) in [5.41, 5.74) is 1.04. The van der Waals surface area contributed by atoms with Crippen molar-refractivity contribution in [2.75, 3.05) is 11.9 Å². The van der Waals surface area contributed by atoms with Gasteiger partial charge in [0.2, 0.25) is 5.91 Å². The lowest BCUT2D eigenvalue weighted by molar-refractivity contribution is -0.140. The van der Waals surface area contributed by atoms with Crippen LogP contribution in [0.4, 0.5) is 10.5 Å². The molecule has 0 radical (unpaired) electrons. The monoisotopic (exact) mass is 554 g/mol. The summed E-state index contributed by atoms with van der Waals surface area (Å²) < 4.78 is 5.40.